The molecule has 0 fully saturated rings. The van der Waals surface area contributed by atoms with E-state index in [1.54, 1.807) is 0 Å². The molecule has 0 aromatic heterocycles. The summed E-state index contributed by atoms with van der Waals surface area (Å²) in [7, 11) is 0. The van der Waals surface area contributed by atoms with Crippen molar-refractivity contribution >= 4 is 72.5 Å². The second-order valence-corrected chi connectivity index (χ2v) is 6.77. The summed E-state index contributed by atoms with van der Waals surface area (Å²) >= 11 is 16.3. The Bertz CT molecular complexity index is 495. The average molecular weight is 495 g/mol. The molecule has 1 rings (SSSR count). The second kappa shape index (κ2) is 9.99. The van der Waals surface area contributed by atoms with E-state index in [1.807, 2.05) is 0 Å². The Labute approximate surface area is 189 Å². The van der Waals surface area contributed by atoms with Crippen LogP contribution in [0.2, 0.25) is 5.02 Å². The number of thiocarbonyl (C=S) groups is 1. The monoisotopic (exact) mass is 492 g/mol. The molecular weight excluding hydrogens is 489 g/mol. The third-order valence-corrected chi connectivity index (χ3v) is 5.09. The van der Waals surface area contributed by atoms with Crippen LogP contribution in [0.4, 0.5) is 8.78 Å². The van der Waals surface area contributed by atoms with E-state index in [4.69, 9.17) is 16.3 Å². The van der Waals surface area contributed by atoms with E-state index < -0.39 is 15.6 Å². The normalized spacial score (nSPS) is 10.8. The Balaban J connectivity index is 0.00000361. The molecule has 0 bridgehead atoms. The zero-order valence-corrected chi connectivity index (χ0v) is 18.8. The van der Waals surface area contributed by atoms with Gasteiger partial charge in [-0.1, -0.05) is 39.7 Å². The predicted octanol–water partition coefficient (Wildman–Crippen LogP) is 1.25. The van der Waals surface area contributed by atoms with E-state index >= 15 is 0 Å². The van der Waals surface area contributed by atoms with E-state index in [0.717, 1.165) is 0 Å². The van der Waals surface area contributed by atoms with Crippen molar-refractivity contribution in [1.29, 1.82) is 0 Å². The molecule has 0 radical (unpaired) electrons. The van der Waals surface area contributed by atoms with E-state index in [2.05, 4.69) is 44.1 Å². The summed E-state index contributed by atoms with van der Waals surface area (Å²) in [6.45, 7) is -0.379. The third-order valence-electron chi connectivity index (χ3n) is 1.73. The first-order valence-electron chi connectivity index (χ1n) is 4.69. The van der Waals surface area contributed by atoms with Crippen LogP contribution in [-0.2, 0) is 0 Å². The van der Waals surface area contributed by atoms with Crippen LogP contribution in [0.25, 0.3) is 0 Å². The average Bonchev–Trinajstić information content (AvgIpc) is 2.30. The molecule has 0 amide bonds. The summed E-state index contributed by atoms with van der Waals surface area (Å²) in [5, 5.41) is 6.86. The molecule has 0 saturated carbocycles. The maximum atomic E-state index is 13.4. The summed E-state index contributed by atoms with van der Waals surface area (Å²) in [5.74, 6) is 0.0863. The number of alkyl halides is 3. The molecule has 0 spiro atoms. The first kappa shape index (κ1) is 22.0. The SMILES string of the molecule is [K+].[O-]C(=S)COc1cc(Cl)cc(Br)c1SC(F)(F)CBr. The minimum atomic E-state index is -3.02. The summed E-state index contributed by atoms with van der Waals surface area (Å²) in [5.41, 5.74) is 0. The molecule has 0 aliphatic heterocycles. The van der Waals surface area contributed by atoms with Crippen LogP contribution in [0, 0.1) is 0 Å². The minimum Gasteiger partial charge on any atom is -0.865 e. The number of hydrogen-bond acceptors (Lipinski definition) is 4. The molecule has 0 atom stereocenters. The number of rotatable bonds is 6. The number of benzene rings is 1. The molecule has 0 aliphatic carbocycles. The zero-order valence-electron chi connectivity index (χ0n) is 10.1. The minimum absolute atomic E-state index is 0. The van der Waals surface area contributed by atoms with Crippen LogP contribution in [0.3, 0.4) is 0 Å². The van der Waals surface area contributed by atoms with E-state index in [1.165, 1.54) is 12.1 Å². The van der Waals surface area contributed by atoms with Gasteiger partial charge in [-0.3, -0.25) is 0 Å². The van der Waals surface area contributed by atoms with Gasteiger partial charge in [0.05, 0.1) is 10.2 Å². The van der Waals surface area contributed by atoms with Gasteiger partial charge >= 0.3 is 56.6 Å². The van der Waals surface area contributed by atoms with Crippen LogP contribution in [0.5, 0.6) is 5.75 Å². The fourth-order valence-corrected chi connectivity index (χ4v) is 3.21. The summed E-state index contributed by atoms with van der Waals surface area (Å²) in [6, 6.07) is 2.83. The molecule has 10 heteroatoms. The molecule has 20 heavy (non-hydrogen) atoms. The van der Waals surface area contributed by atoms with Crippen molar-refractivity contribution in [3.63, 3.8) is 0 Å². The zero-order chi connectivity index (χ0) is 14.6. The van der Waals surface area contributed by atoms with Crippen molar-refractivity contribution < 1.29 is 70.0 Å². The van der Waals surface area contributed by atoms with Gasteiger partial charge < -0.3 is 9.84 Å². The van der Waals surface area contributed by atoms with Gasteiger partial charge in [-0.05, 0) is 38.8 Å². The fourth-order valence-electron chi connectivity index (χ4n) is 1.06. The molecular formula is C10H6Br2ClF2KO2S2. The van der Waals surface area contributed by atoms with Crippen LogP contribution >= 0.6 is 67.4 Å². The van der Waals surface area contributed by atoms with E-state index in [0.29, 0.717) is 21.3 Å². The van der Waals surface area contributed by atoms with Crippen molar-refractivity contribution in [3.05, 3.63) is 21.6 Å². The summed E-state index contributed by atoms with van der Waals surface area (Å²) < 4.78 is 32.3. The van der Waals surface area contributed by atoms with E-state index in [-0.39, 0.29) is 68.6 Å². The molecule has 1 aromatic carbocycles. The molecule has 0 saturated heterocycles. The van der Waals surface area contributed by atoms with Gasteiger partial charge in [0, 0.05) is 15.6 Å². The Hall–Kier alpha value is 2.01. The largest absolute Gasteiger partial charge is 1.00 e. The number of hydrogen-bond donors (Lipinski definition) is 0. The summed E-state index contributed by atoms with van der Waals surface area (Å²) in [6.07, 6.45) is 0. The van der Waals surface area contributed by atoms with Crippen LogP contribution in [0.1, 0.15) is 0 Å². The van der Waals surface area contributed by atoms with Crippen LogP contribution < -0.4 is 61.2 Å². The third kappa shape index (κ3) is 7.52. The quantitative estimate of drug-likeness (QED) is 0.258. The van der Waals surface area contributed by atoms with Crippen molar-refractivity contribution in [3.8, 4) is 5.75 Å². The molecule has 0 heterocycles. The van der Waals surface area contributed by atoms with Crippen molar-refractivity contribution in [1.82, 2.24) is 0 Å². The first-order chi connectivity index (χ1) is 8.75. The van der Waals surface area contributed by atoms with Gasteiger partial charge in [0.2, 0.25) is 0 Å². The smallest absolute Gasteiger partial charge is 0.865 e. The fraction of sp³-hybridized carbons (Fsp3) is 0.300. The van der Waals surface area contributed by atoms with Gasteiger partial charge in [0.1, 0.15) is 12.4 Å². The summed E-state index contributed by atoms with van der Waals surface area (Å²) in [4.78, 5) is 0.158. The van der Waals surface area contributed by atoms with E-state index in [9.17, 15) is 13.9 Å². The molecule has 0 aliphatic rings. The van der Waals surface area contributed by atoms with Gasteiger partial charge in [-0.2, -0.15) is 8.78 Å². The van der Waals surface area contributed by atoms with Crippen LogP contribution in [0.15, 0.2) is 21.5 Å². The molecule has 0 N–H and O–H groups in total. The molecule has 2 nitrogen and oxygen atoms in total. The van der Waals surface area contributed by atoms with Gasteiger partial charge in [-0.15, -0.1) is 0 Å². The van der Waals surface area contributed by atoms with Gasteiger partial charge in [0.25, 0.3) is 0 Å². The first-order valence-corrected chi connectivity index (χ1v) is 8.21. The predicted molar refractivity (Wildman–Crippen MR) is 81.8 cm³/mol. The van der Waals surface area contributed by atoms with Crippen LogP contribution in [-0.4, -0.2) is 22.2 Å². The number of thioether (sulfide) groups is 1. The Morgan fingerprint density at radius 2 is 2.10 bits per heavy atom. The molecule has 0 unspecified atom stereocenters. The van der Waals surface area contributed by atoms with Gasteiger partial charge in [-0.25, -0.2) is 0 Å². The van der Waals surface area contributed by atoms with Crippen molar-refractivity contribution in [2.45, 2.75) is 10.2 Å². The standard InChI is InChI=1S/C10H7Br2ClF2O2S2.K/c11-4-10(14,15)19-9-6(12)1-5(13)2-7(9)17-3-8(16)18;/h1-2H,3-4H2,(H,16,18);/q;+1/p-1. The Kier molecular flexibility index (Phi) is 11.0. The van der Waals surface area contributed by atoms with Crippen molar-refractivity contribution in [2.75, 3.05) is 11.9 Å². The topological polar surface area (TPSA) is 32.3 Å². The Morgan fingerprint density at radius 1 is 1.50 bits per heavy atom. The molecule has 1 aromatic rings. The second-order valence-electron chi connectivity index (χ2n) is 3.25. The molecule has 106 valence electrons. The Morgan fingerprint density at radius 3 is 2.60 bits per heavy atom. The van der Waals surface area contributed by atoms with Crippen molar-refractivity contribution in [2.24, 2.45) is 0 Å². The number of halogens is 5. The number of ether oxygens (including phenoxy) is 1. The maximum Gasteiger partial charge on any atom is 1.00 e. The van der Waals surface area contributed by atoms with Gasteiger partial charge in [0.15, 0.2) is 0 Å². The maximum absolute atomic E-state index is 13.4.